The maximum Gasteiger partial charge on any atom is 0.0870 e. The molecule has 0 bridgehead atoms. The van der Waals surface area contributed by atoms with Gasteiger partial charge in [0.1, 0.15) is 0 Å². The van der Waals surface area contributed by atoms with E-state index in [1.54, 1.807) is 0 Å². The van der Waals surface area contributed by atoms with Gasteiger partial charge >= 0.3 is 0 Å². The highest BCUT2D eigenvalue weighted by Gasteiger charge is 2.40. The lowest BCUT2D eigenvalue weighted by Crippen LogP contribution is -2.53. The van der Waals surface area contributed by atoms with Crippen molar-refractivity contribution in [3.05, 3.63) is 22.4 Å². The van der Waals surface area contributed by atoms with Gasteiger partial charge in [0.15, 0.2) is 0 Å². The smallest absolute Gasteiger partial charge is 0.0870 e. The van der Waals surface area contributed by atoms with E-state index in [9.17, 15) is 0 Å². The fourth-order valence-electron chi connectivity index (χ4n) is 3.18. The van der Waals surface area contributed by atoms with Crippen molar-refractivity contribution in [2.45, 2.75) is 38.6 Å². The molecule has 0 spiro atoms. The van der Waals surface area contributed by atoms with Crippen molar-refractivity contribution in [2.24, 2.45) is 0 Å². The fourth-order valence-corrected chi connectivity index (χ4v) is 3.93. The molecule has 100 valence electrons. The van der Waals surface area contributed by atoms with Crippen LogP contribution in [-0.2, 0) is 11.3 Å². The van der Waals surface area contributed by atoms with Crippen LogP contribution >= 0.6 is 11.3 Å². The lowest BCUT2D eigenvalue weighted by Gasteiger charge is -2.39. The number of morpholine rings is 1. The predicted molar refractivity (Wildman–Crippen MR) is 75.0 cm³/mol. The molecule has 0 aromatic carbocycles. The number of thiophene rings is 1. The second-order valence-corrected chi connectivity index (χ2v) is 6.61. The van der Waals surface area contributed by atoms with E-state index in [1.807, 2.05) is 11.3 Å². The van der Waals surface area contributed by atoms with Crippen molar-refractivity contribution in [1.82, 2.24) is 9.80 Å². The minimum atomic E-state index is 0.418. The first kappa shape index (κ1) is 12.6. The van der Waals surface area contributed by atoms with Crippen molar-refractivity contribution in [3.63, 3.8) is 0 Å². The summed E-state index contributed by atoms with van der Waals surface area (Å²) in [5, 5.41) is 2.16. The van der Waals surface area contributed by atoms with Gasteiger partial charge in [-0.25, -0.2) is 0 Å². The van der Waals surface area contributed by atoms with Gasteiger partial charge in [0.25, 0.3) is 0 Å². The van der Waals surface area contributed by atoms with E-state index in [2.05, 4.69) is 41.2 Å². The van der Waals surface area contributed by atoms with Crippen LogP contribution in [0.4, 0.5) is 0 Å². The summed E-state index contributed by atoms with van der Waals surface area (Å²) in [6.07, 6.45) is 0.418. The summed E-state index contributed by atoms with van der Waals surface area (Å²) >= 11 is 1.85. The van der Waals surface area contributed by atoms with E-state index in [0.29, 0.717) is 18.2 Å². The molecule has 3 rings (SSSR count). The minimum absolute atomic E-state index is 0.418. The molecule has 0 amide bonds. The third-order valence-corrected chi connectivity index (χ3v) is 4.90. The van der Waals surface area contributed by atoms with E-state index in [4.69, 9.17) is 4.74 Å². The van der Waals surface area contributed by atoms with Crippen molar-refractivity contribution in [1.29, 1.82) is 0 Å². The highest BCUT2D eigenvalue weighted by atomic mass is 32.1. The lowest BCUT2D eigenvalue weighted by atomic mass is 10.1. The molecule has 0 N–H and O–H groups in total. The van der Waals surface area contributed by atoms with E-state index in [1.165, 1.54) is 4.88 Å². The maximum absolute atomic E-state index is 5.95. The Labute approximate surface area is 113 Å². The molecule has 2 aliphatic rings. The zero-order valence-corrected chi connectivity index (χ0v) is 12.0. The van der Waals surface area contributed by atoms with Crippen LogP contribution in [0.15, 0.2) is 17.5 Å². The number of rotatable bonds is 3. The van der Waals surface area contributed by atoms with Crippen LogP contribution in [0.25, 0.3) is 0 Å². The van der Waals surface area contributed by atoms with E-state index in [-0.39, 0.29) is 0 Å². The van der Waals surface area contributed by atoms with E-state index < -0.39 is 0 Å². The molecule has 18 heavy (non-hydrogen) atoms. The molecule has 0 saturated carbocycles. The van der Waals surface area contributed by atoms with Gasteiger partial charge in [0.2, 0.25) is 0 Å². The Kier molecular flexibility index (Phi) is 3.71. The number of fused-ring (bicyclic) bond motifs is 1. The number of nitrogens with zero attached hydrogens (tertiary/aromatic N) is 2. The molecule has 3 nitrogen and oxygen atoms in total. The van der Waals surface area contributed by atoms with Gasteiger partial charge in [-0.2, -0.15) is 0 Å². The average Bonchev–Trinajstić information content (AvgIpc) is 2.96. The van der Waals surface area contributed by atoms with Crippen molar-refractivity contribution < 1.29 is 4.74 Å². The van der Waals surface area contributed by atoms with Gasteiger partial charge in [-0.3, -0.25) is 9.80 Å². The van der Waals surface area contributed by atoms with Gasteiger partial charge in [0, 0.05) is 37.1 Å². The normalized spacial score (nSPS) is 29.9. The molecule has 3 heterocycles. The lowest BCUT2D eigenvalue weighted by molar-refractivity contribution is -0.0583. The van der Waals surface area contributed by atoms with Gasteiger partial charge in [-0.05, 0) is 25.3 Å². The zero-order valence-electron chi connectivity index (χ0n) is 11.2. The molecule has 0 aliphatic carbocycles. The highest BCUT2D eigenvalue weighted by Crippen LogP contribution is 2.26. The first-order valence-corrected chi connectivity index (χ1v) is 7.74. The summed E-state index contributed by atoms with van der Waals surface area (Å²) in [5.74, 6) is 0. The second kappa shape index (κ2) is 5.29. The largest absolute Gasteiger partial charge is 0.374 e. The Morgan fingerprint density at radius 2 is 2.33 bits per heavy atom. The van der Waals surface area contributed by atoms with E-state index in [0.717, 1.165) is 32.8 Å². The third-order valence-electron chi connectivity index (χ3n) is 4.04. The summed E-state index contributed by atoms with van der Waals surface area (Å²) < 4.78 is 5.95. The van der Waals surface area contributed by atoms with Crippen LogP contribution in [-0.4, -0.2) is 54.2 Å². The van der Waals surface area contributed by atoms with Crippen molar-refractivity contribution in [3.8, 4) is 0 Å². The Bertz CT molecular complexity index is 379. The quantitative estimate of drug-likeness (QED) is 0.833. The van der Waals surface area contributed by atoms with Crippen LogP contribution in [0.3, 0.4) is 0 Å². The standard InChI is InChI=1S/C14H22N2OS/c1-11(2)16-5-6-17-14-10-15(9-13(14)16)8-12-4-3-7-18-12/h3-4,7,11,13-14H,5-6,8-10H2,1-2H3/t13-,14+/m0/s1. The first-order valence-electron chi connectivity index (χ1n) is 6.86. The Morgan fingerprint density at radius 1 is 1.44 bits per heavy atom. The summed E-state index contributed by atoms with van der Waals surface area (Å²) in [5.41, 5.74) is 0. The van der Waals surface area contributed by atoms with Crippen molar-refractivity contribution in [2.75, 3.05) is 26.2 Å². The predicted octanol–water partition coefficient (Wildman–Crippen LogP) is 2.04. The fraction of sp³-hybridized carbons (Fsp3) is 0.714. The van der Waals surface area contributed by atoms with Crippen LogP contribution in [0.5, 0.6) is 0 Å². The average molecular weight is 266 g/mol. The molecule has 2 aliphatic heterocycles. The van der Waals surface area contributed by atoms with Gasteiger partial charge in [-0.1, -0.05) is 6.07 Å². The molecule has 2 saturated heterocycles. The number of likely N-dealkylation sites (tertiary alicyclic amines) is 1. The van der Waals surface area contributed by atoms with Crippen LogP contribution in [0.1, 0.15) is 18.7 Å². The maximum atomic E-state index is 5.95. The molecule has 2 fully saturated rings. The third kappa shape index (κ3) is 2.48. The van der Waals surface area contributed by atoms with Crippen LogP contribution in [0, 0.1) is 0 Å². The SMILES string of the molecule is CC(C)N1CCO[C@@H]2CN(Cc3cccs3)C[C@@H]21. The summed E-state index contributed by atoms with van der Waals surface area (Å²) in [6, 6.07) is 5.59. The Morgan fingerprint density at radius 3 is 3.06 bits per heavy atom. The molecule has 0 radical (unpaired) electrons. The highest BCUT2D eigenvalue weighted by molar-refractivity contribution is 7.09. The molecule has 1 aromatic rings. The Balaban J connectivity index is 1.65. The summed E-state index contributed by atoms with van der Waals surface area (Å²) in [7, 11) is 0. The first-order chi connectivity index (χ1) is 8.74. The van der Waals surface area contributed by atoms with Gasteiger partial charge in [0.05, 0.1) is 18.8 Å². The summed E-state index contributed by atoms with van der Waals surface area (Å²) in [6.45, 7) is 9.90. The molecule has 1 aromatic heterocycles. The molecular formula is C14H22N2OS. The number of ether oxygens (including phenoxy) is 1. The Hall–Kier alpha value is -0.420. The van der Waals surface area contributed by atoms with Gasteiger partial charge < -0.3 is 4.74 Å². The minimum Gasteiger partial charge on any atom is -0.374 e. The van der Waals surface area contributed by atoms with Gasteiger partial charge in [-0.15, -0.1) is 11.3 Å². The topological polar surface area (TPSA) is 15.7 Å². The van der Waals surface area contributed by atoms with E-state index >= 15 is 0 Å². The van der Waals surface area contributed by atoms with Crippen LogP contribution in [0.2, 0.25) is 0 Å². The number of hydrogen-bond donors (Lipinski definition) is 0. The summed E-state index contributed by atoms with van der Waals surface area (Å²) in [4.78, 5) is 6.62. The van der Waals surface area contributed by atoms with Crippen LogP contribution < -0.4 is 0 Å². The molecular weight excluding hydrogens is 244 g/mol. The van der Waals surface area contributed by atoms with Crippen molar-refractivity contribution >= 4 is 11.3 Å². The number of hydrogen-bond acceptors (Lipinski definition) is 4. The molecule has 4 heteroatoms. The molecule has 2 atom stereocenters. The second-order valence-electron chi connectivity index (χ2n) is 5.58. The zero-order chi connectivity index (χ0) is 12.5. The molecule has 0 unspecified atom stereocenters. The monoisotopic (exact) mass is 266 g/mol.